The number of benzene rings is 1. The molecule has 2 aliphatic heterocycles. The van der Waals surface area contributed by atoms with E-state index in [0.29, 0.717) is 44.0 Å². The van der Waals surface area contributed by atoms with Gasteiger partial charge < -0.3 is 14.2 Å². The Balaban J connectivity index is 1.57. The fourth-order valence-corrected chi connectivity index (χ4v) is 4.44. The summed E-state index contributed by atoms with van der Waals surface area (Å²) in [7, 11) is 1.69. The van der Waals surface area contributed by atoms with Crippen molar-refractivity contribution in [1.82, 2.24) is 23.6 Å². The Kier molecular flexibility index (Phi) is 4.71. The minimum absolute atomic E-state index is 0.258. The molecule has 0 aliphatic carbocycles. The molecule has 30 heavy (non-hydrogen) atoms. The second-order valence-electron chi connectivity index (χ2n) is 7.93. The van der Waals surface area contributed by atoms with Crippen molar-refractivity contribution in [3.63, 3.8) is 0 Å². The summed E-state index contributed by atoms with van der Waals surface area (Å²) in [4.78, 5) is 35.3. The molecule has 2 aliphatic rings. The SMILES string of the molecule is Cc1ccccc1N1CCn2c1nc1c2c(=O)n(CCN2CCOCC2)c(=O)n1C. The largest absolute Gasteiger partial charge is 0.379 e. The Morgan fingerprint density at radius 2 is 1.80 bits per heavy atom. The number of morpholine rings is 1. The summed E-state index contributed by atoms with van der Waals surface area (Å²) in [5.74, 6) is 0.720. The van der Waals surface area contributed by atoms with Crippen LogP contribution in [-0.4, -0.2) is 63.0 Å². The van der Waals surface area contributed by atoms with Crippen LogP contribution in [0.3, 0.4) is 0 Å². The highest BCUT2D eigenvalue weighted by Crippen LogP contribution is 2.33. The summed E-state index contributed by atoms with van der Waals surface area (Å²) in [6.45, 7) is 7.53. The second kappa shape index (κ2) is 7.41. The number of aromatic nitrogens is 4. The first-order chi connectivity index (χ1) is 14.6. The lowest BCUT2D eigenvalue weighted by Crippen LogP contribution is -2.44. The zero-order valence-corrected chi connectivity index (χ0v) is 17.4. The summed E-state index contributed by atoms with van der Waals surface area (Å²) >= 11 is 0. The van der Waals surface area contributed by atoms with E-state index >= 15 is 0 Å². The molecule has 0 N–H and O–H groups in total. The Labute approximate surface area is 173 Å². The highest BCUT2D eigenvalue weighted by atomic mass is 16.5. The van der Waals surface area contributed by atoms with Gasteiger partial charge in [0.15, 0.2) is 11.2 Å². The highest BCUT2D eigenvalue weighted by molar-refractivity contribution is 5.78. The molecule has 0 amide bonds. The minimum atomic E-state index is -0.319. The van der Waals surface area contributed by atoms with E-state index < -0.39 is 0 Å². The van der Waals surface area contributed by atoms with Crippen LogP contribution in [0, 0.1) is 6.92 Å². The first kappa shape index (κ1) is 19.1. The van der Waals surface area contributed by atoms with Gasteiger partial charge in [0.1, 0.15) is 0 Å². The number of anilines is 2. The summed E-state index contributed by atoms with van der Waals surface area (Å²) in [6.07, 6.45) is 0. The van der Waals surface area contributed by atoms with Crippen molar-refractivity contribution in [2.24, 2.45) is 7.05 Å². The highest BCUT2D eigenvalue weighted by Gasteiger charge is 2.29. The van der Waals surface area contributed by atoms with Crippen molar-refractivity contribution >= 4 is 22.8 Å². The van der Waals surface area contributed by atoms with Crippen molar-refractivity contribution < 1.29 is 4.74 Å². The lowest BCUT2D eigenvalue weighted by molar-refractivity contribution is 0.0361. The maximum Gasteiger partial charge on any atom is 0.332 e. The molecule has 3 aromatic rings. The van der Waals surface area contributed by atoms with E-state index in [4.69, 9.17) is 9.72 Å². The van der Waals surface area contributed by atoms with Crippen LogP contribution < -0.4 is 16.1 Å². The van der Waals surface area contributed by atoms with E-state index in [-0.39, 0.29) is 11.2 Å². The van der Waals surface area contributed by atoms with E-state index in [1.165, 1.54) is 9.13 Å². The fourth-order valence-electron chi connectivity index (χ4n) is 4.44. The molecule has 1 fully saturated rings. The van der Waals surface area contributed by atoms with Crippen molar-refractivity contribution in [1.29, 1.82) is 0 Å². The standard InChI is InChI=1S/C21H26N6O3/c1-15-5-3-4-6-16(15)25-9-10-26-17-18(22-20(25)26)23(2)21(29)27(19(17)28)8-7-24-11-13-30-14-12-24/h3-6H,7-14H2,1-2H3. The lowest BCUT2D eigenvalue weighted by Gasteiger charge is -2.26. The van der Waals surface area contributed by atoms with Crippen LogP contribution in [0.1, 0.15) is 5.56 Å². The molecule has 0 unspecified atom stereocenters. The number of imidazole rings is 1. The average Bonchev–Trinajstić information content (AvgIpc) is 3.33. The van der Waals surface area contributed by atoms with E-state index in [1.54, 1.807) is 7.05 Å². The fraction of sp³-hybridized carbons (Fsp3) is 0.476. The van der Waals surface area contributed by atoms with Gasteiger partial charge in [-0.05, 0) is 18.6 Å². The van der Waals surface area contributed by atoms with E-state index in [2.05, 4.69) is 28.9 Å². The number of fused-ring (bicyclic) bond motifs is 3. The van der Waals surface area contributed by atoms with E-state index in [1.807, 2.05) is 16.7 Å². The van der Waals surface area contributed by atoms with Gasteiger partial charge in [0.2, 0.25) is 5.95 Å². The molecule has 0 atom stereocenters. The third-order valence-electron chi connectivity index (χ3n) is 6.15. The normalized spacial score (nSPS) is 17.1. The predicted octanol–water partition coefficient (Wildman–Crippen LogP) is 0.689. The average molecular weight is 410 g/mol. The molecule has 1 saturated heterocycles. The molecule has 1 aromatic carbocycles. The molecule has 0 spiro atoms. The van der Waals surface area contributed by atoms with Crippen LogP contribution >= 0.6 is 0 Å². The van der Waals surface area contributed by atoms with Gasteiger partial charge in [-0.15, -0.1) is 0 Å². The van der Waals surface area contributed by atoms with Gasteiger partial charge in [0.25, 0.3) is 5.56 Å². The zero-order valence-electron chi connectivity index (χ0n) is 17.4. The monoisotopic (exact) mass is 410 g/mol. The Morgan fingerprint density at radius 1 is 1.03 bits per heavy atom. The van der Waals surface area contributed by atoms with E-state index in [0.717, 1.165) is 36.8 Å². The zero-order chi connectivity index (χ0) is 20.8. The van der Waals surface area contributed by atoms with Gasteiger partial charge in [0.05, 0.1) is 13.2 Å². The van der Waals surface area contributed by atoms with Gasteiger partial charge in [-0.1, -0.05) is 18.2 Å². The van der Waals surface area contributed by atoms with Crippen LogP contribution in [0.4, 0.5) is 11.6 Å². The van der Waals surface area contributed by atoms with Crippen molar-refractivity contribution in [2.45, 2.75) is 20.0 Å². The smallest absolute Gasteiger partial charge is 0.332 e. The summed E-state index contributed by atoms with van der Waals surface area (Å²) in [5.41, 5.74) is 2.59. The number of nitrogens with zero attached hydrogens (tertiary/aromatic N) is 6. The molecule has 9 nitrogen and oxygen atoms in total. The van der Waals surface area contributed by atoms with Crippen LogP contribution in [0.15, 0.2) is 33.9 Å². The Bertz CT molecular complexity index is 1220. The first-order valence-electron chi connectivity index (χ1n) is 10.4. The molecular weight excluding hydrogens is 384 g/mol. The third kappa shape index (κ3) is 2.96. The number of hydrogen-bond donors (Lipinski definition) is 0. The number of hydrogen-bond acceptors (Lipinski definition) is 6. The molecule has 2 aromatic heterocycles. The molecule has 0 bridgehead atoms. The quantitative estimate of drug-likeness (QED) is 0.630. The molecule has 4 heterocycles. The number of para-hydroxylation sites is 1. The first-order valence-corrected chi connectivity index (χ1v) is 10.4. The second-order valence-corrected chi connectivity index (χ2v) is 7.93. The van der Waals surface area contributed by atoms with E-state index in [9.17, 15) is 9.59 Å². The number of ether oxygens (including phenoxy) is 1. The van der Waals surface area contributed by atoms with Gasteiger partial charge in [-0.25, -0.2) is 4.79 Å². The summed E-state index contributed by atoms with van der Waals surface area (Å²) in [5, 5.41) is 0. The summed E-state index contributed by atoms with van der Waals surface area (Å²) in [6, 6.07) is 8.13. The number of rotatable bonds is 4. The minimum Gasteiger partial charge on any atom is -0.379 e. The van der Waals surface area contributed by atoms with Gasteiger partial charge >= 0.3 is 5.69 Å². The summed E-state index contributed by atoms with van der Waals surface area (Å²) < 4.78 is 10.2. The molecule has 0 saturated carbocycles. The van der Waals surface area contributed by atoms with Crippen molar-refractivity contribution in [3.8, 4) is 0 Å². The van der Waals surface area contributed by atoms with Gasteiger partial charge in [-0.3, -0.25) is 18.8 Å². The predicted molar refractivity (Wildman–Crippen MR) is 115 cm³/mol. The Morgan fingerprint density at radius 3 is 2.57 bits per heavy atom. The maximum atomic E-state index is 13.3. The van der Waals surface area contributed by atoms with Crippen LogP contribution in [0.5, 0.6) is 0 Å². The number of aryl methyl sites for hydroxylation is 2. The topological polar surface area (TPSA) is 77.5 Å². The van der Waals surface area contributed by atoms with Crippen molar-refractivity contribution in [2.75, 3.05) is 44.3 Å². The van der Waals surface area contributed by atoms with Crippen LogP contribution in [0.2, 0.25) is 0 Å². The lowest BCUT2D eigenvalue weighted by atomic mass is 10.2. The van der Waals surface area contributed by atoms with Gasteiger partial charge in [0, 0.05) is 52.0 Å². The van der Waals surface area contributed by atoms with Crippen LogP contribution in [0.25, 0.3) is 11.2 Å². The molecule has 0 radical (unpaired) electrons. The third-order valence-corrected chi connectivity index (χ3v) is 6.15. The molecule has 9 heteroatoms. The van der Waals surface area contributed by atoms with Crippen molar-refractivity contribution in [3.05, 3.63) is 50.7 Å². The molecule has 5 rings (SSSR count). The molecular formula is C21H26N6O3. The Hall–Kier alpha value is -2.91. The molecule has 158 valence electrons. The van der Waals surface area contributed by atoms with Crippen LogP contribution in [-0.2, 0) is 24.9 Å². The van der Waals surface area contributed by atoms with Gasteiger partial charge in [-0.2, -0.15) is 4.98 Å². The maximum absolute atomic E-state index is 13.3.